The average Bonchev–Trinajstić information content (AvgIpc) is 2.37. The Hall–Kier alpha value is -2.61. The van der Waals surface area contributed by atoms with Crippen molar-refractivity contribution < 1.29 is 14.1 Å². The van der Waals surface area contributed by atoms with Crippen molar-refractivity contribution in [1.82, 2.24) is 0 Å². The molecule has 20 heavy (non-hydrogen) atoms. The van der Waals surface area contributed by atoms with Gasteiger partial charge in [-0.25, -0.2) is 4.57 Å². The highest BCUT2D eigenvalue weighted by Crippen LogP contribution is 2.38. The van der Waals surface area contributed by atoms with Crippen LogP contribution in [0.15, 0.2) is 47.3 Å². The number of carbonyl (C=O) groups excluding carboxylic acids is 1. The lowest BCUT2D eigenvalue weighted by Crippen LogP contribution is -2.29. The lowest BCUT2D eigenvalue weighted by Gasteiger charge is -2.25. The van der Waals surface area contributed by atoms with Crippen molar-refractivity contribution in [2.24, 2.45) is 12.8 Å². The normalized spacial score (nSPS) is 18.6. The Morgan fingerprint density at radius 2 is 2.25 bits per heavy atom. The monoisotopic (exact) mass is 270 g/mol. The molecule has 1 atom stereocenters. The number of hydrogen-bond acceptors (Lipinski definition) is 4. The molecular weight excluding hydrogens is 254 g/mol. The number of pyridine rings is 1. The number of nitriles is 1. The predicted molar refractivity (Wildman–Crippen MR) is 71.7 cm³/mol. The molecule has 0 bridgehead atoms. The topological polar surface area (TPSA) is 80.0 Å². The fourth-order valence-corrected chi connectivity index (χ4v) is 2.45. The summed E-state index contributed by atoms with van der Waals surface area (Å²) in [6.45, 7) is 3.16. The van der Waals surface area contributed by atoms with E-state index < -0.39 is 5.92 Å². The molecule has 1 aliphatic rings. The van der Waals surface area contributed by atoms with Crippen LogP contribution in [0, 0.1) is 11.3 Å². The molecule has 1 aromatic rings. The number of nitrogens with two attached hydrogens (primary N) is 1. The second-order valence-electron chi connectivity index (χ2n) is 4.75. The van der Waals surface area contributed by atoms with Gasteiger partial charge in [-0.3, -0.25) is 4.79 Å². The highest BCUT2D eigenvalue weighted by Gasteiger charge is 2.34. The van der Waals surface area contributed by atoms with Crippen LogP contribution in [0.4, 0.5) is 0 Å². The van der Waals surface area contributed by atoms with Gasteiger partial charge in [0.05, 0.1) is 5.92 Å². The van der Waals surface area contributed by atoms with Crippen molar-refractivity contribution in [3.05, 3.63) is 52.9 Å². The zero-order valence-electron chi connectivity index (χ0n) is 11.7. The van der Waals surface area contributed by atoms with Crippen LogP contribution in [0.1, 0.15) is 25.3 Å². The molecule has 2 N–H and O–H groups in total. The molecule has 102 valence electrons. The summed E-state index contributed by atoms with van der Waals surface area (Å²) in [4.78, 5) is 11.9. The second kappa shape index (κ2) is 5.17. The number of ether oxygens (including phenoxy) is 1. The number of aryl methyl sites for hydroxylation is 1. The first kappa shape index (κ1) is 13.8. The van der Waals surface area contributed by atoms with Crippen molar-refractivity contribution in [2.45, 2.75) is 19.8 Å². The van der Waals surface area contributed by atoms with Gasteiger partial charge in [-0.1, -0.05) is 0 Å². The summed E-state index contributed by atoms with van der Waals surface area (Å²) in [6.07, 6.45) is 3.75. The quantitative estimate of drug-likeness (QED) is 0.818. The third-order valence-electron chi connectivity index (χ3n) is 3.28. The molecule has 0 unspecified atom stereocenters. The lowest BCUT2D eigenvalue weighted by atomic mass is 9.82. The van der Waals surface area contributed by atoms with Crippen LogP contribution in [0.2, 0.25) is 0 Å². The molecule has 5 nitrogen and oxygen atoms in total. The van der Waals surface area contributed by atoms with Crippen LogP contribution in [0.5, 0.6) is 0 Å². The summed E-state index contributed by atoms with van der Waals surface area (Å²) >= 11 is 0. The average molecular weight is 270 g/mol. The first-order chi connectivity index (χ1) is 9.45. The maximum absolute atomic E-state index is 11.9. The molecule has 5 heteroatoms. The minimum atomic E-state index is -0.473. The Labute approximate surface area is 117 Å². The molecule has 2 heterocycles. The third-order valence-corrected chi connectivity index (χ3v) is 3.28. The standard InChI is InChI=1S/C15H16N3O2/c1-9(19)13-10(2)20-15(17)12(7-16)14(13)11-5-4-6-18(3)8-11/h4-6,8,14H,17H2,1-3H3/q+1/t14-/m1/s1. The number of hydrogen-bond donors (Lipinski definition) is 1. The second-order valence-corrected chi connectivity index (χ2v) is 4.75. The smallest absolute Gasteiger partial charge is 0.205 e. The fraction of sp³-hybridized carbons (Fsp3) is 0.267. The Balaban J connectivity index is 2.67. The van der Waals surface area contributed by atoms with Gasteiger partial charge in [0.1, 0.15) is 24.4 Å². The number of allylic oxidation sites excluding steroid dienone is 3. The summed E-state index contributed by atoms with van der Waals surface area (Å²) in [7, 11) is 1.88. The van der Waals surface area contributed by atoms with E-state index in [9.17, 15) is 10.1 Å². The Morgan fingerprint density at radius 1 is 1.55 bits per heavy atom. The first-order valence-corrected chi connectivity index (χ1v) is 6.20. The van der Waals surface area contributed by atoms with Crippen molar-refractivity contribution in [2.75, 3.05) is 0 Å². The lowest BCUT2D eigenvalue weighted by molar-refractivity contribution is -0.671. The summed E-state index contributed by atoms with van der Waals surface area (Å²) in [5, 5.41) is 9.34. The minimum Gasteiger partial charge on any atom is -0.445 e. The molecule has 2 rings (SSSR count). The van der Waals surface area contributed by atoms with Crippen molar-refractivity contribution in [1.29, 1.82) is 5.26 Å². The third kappa shape index (κ3) is 2.28. The van der Waals surface area contributed by atoms with E-state index in [4.69, 9.17) is 10.5 Å². The van der Waals surface area contributed by atoms with E-state index in [0.717, 1.165) is 5.56 Å². The molecular formula is C15H16N3O2+. The molecule has 1 aliphatic heterocycles. The molecule has 0 spiro atoms. The van der Waals surface area contributed by atoms with E-state index in [1.807, 2.05) is 36.1 Å². The van der Waals surface area contributed by atoms with Crippen LogP contribution in [0.25, 0.3) is 0 Å². The van der Waals surface area contributed by atoms with Crippen LogP contribution in [0.3, 0.4) is 0 Å². The summed E-state index contributed by atoms with van der Waals surface area (Å²) < 4.78 is 7.20. The van der Waals surface area contributed by atoms with Gasteiger partial charge in [0.15, 0.2) is 18.2 Å². The summed E-state index contributed by atoms with van der Waals surface area (Å²) in [5.41, 5.74) is 7.37. The fourth-order valence-electron chi connectivity index (χ4n) is 2.45. The number of carbonyl (C=O) groups is 1. The van der Waals surface area contributed by atoms with E-state index in [2.05, 4.69) is 6.07 Å². The van der Waals surface area contributed by atoms with Gasteiger partial charge in [0, 0.05) is 17.2 Å². The first-order valence-electron chi connectivity index (χ1n) is 6.20. The molecule has 0 saturated carbocycles. The van der Waals surface area contributed by atoms with Gasteiger partial charge >= 0.3 is 0 Å². The Morgan fingerprint density at radius 3 is 2.80 bits per heavy atom. The van der Waals surface area contributed by atoms with Crippen LogP contribution in [-0.2, 0) is 16.6 Å². The van der Waals surface area contributed by atoms with Crippen molar-refractivity contribution in [3.63, 3.8) is 0 Å². The molecule has 0 radical (unpaired) electrons. The summed E-state index contributed by atoms with van der Waals surface area (Å²) in [5.74, 6) is -0.0880. The number of ketones is 1. The van der Waals surface area contributed by atoms with Crippen LogP contribution >= 0.6 is 0 Å². The van der Waals surface area contributed by atoms with E-state index in [-0.39, 0.29) is 17.2 Å². The molecule has 0 aromatic carbocycles. The number of nitrogens with zero attached hydrogens (tertiary/aromatic N) is 2. The zero-order chi connectivity index (χ0) is 14.9. The van der Waals surface area contributed by atoms with Gasteiger partial charge < -0.3 is 10.5 Å². The van der Waals surface area contributed by atoms with Gasteiger partial charge in [0.2, 0.25) is 5.88 Å². The van der Waals surface area contributed by atoms with Gasteiger partial charge in [0.25, 0.3) is 0 Å². The minimum absolute atomic E-state index is 0.0616. The highest BCUT2D eigenvalue weighted by atomic mass is 16.5. The Kier molecular flexibility index (Phi) is 3.57. The van der Waals surface area contributed by atoms with Crippen LogP contribution < -0.4 is 10.3 Å². The molecule has 0 saturated heterocycles. The van der Waals surface area contributed by atoms with Gasteiger partial charge in [-0.15, -0.1) is 0 Å². The largest absolute Gasteiger partial charge is 0.445 e. The maximum atomic E-state index is 11.9. The molecule has 0 aliphatic carbocycles. The van der Waals surface area contributed by atoms with Gasteiger partial charge in [-0.05, 0) is 19.9 Å². The number of rotatable bonds is 2. The number of aromatic nitrogens is 1. The highest BCUT2D eigenvalue weighted by molar-refractivity contribution is 5.96. The number of Topliss-reactive ketones (excluding diaryl/α,β-unsaturated/α-hetero) is 1. The zero-order valence-corrected chi connectivity index (χ0v) is 11.7. The molecule has 1 aromatic heterocycles. The van der Waals surface area contributed by atoms with Crippen LogP contribution in [-0.4, -0.2) is 5.78 Å². The SMILES string of the molecule is CC(=O)C1=C(C)OC(N)=C(C#N)[C@H]1c1ccc[n+](C)c1. The van der Waals surface area contributed by atoms with Crippen molar-refractivity contribution in [3.8, 4) is 6.07 Å². The van der Waals surface area contributed by atoms with E-state index >= 15 is 0 Å². The maximum Gasteiger partial charge on any atom is 0.205 e. The van der Waals surface area contributed by atoms with E-state index in [0.29, 0.717) is 11.3 Å². The van der Waals surface area contributed by atoms with E-state index in [1.165, 1.54) is 6.92 Å². The van der Waals surface area contributed by atoms with E-state index in [1.54, 1.807) is 6.92 Å². The summed E-state index contributed by atoms with van der Waals surface area (Å²) in [6, 6.07) is 5.80. The predicted octanol–water partition coefficient (Wildman–Crippen LogP) is 1.18. The Bertz CT molecular complexity index is 681. The van der Waals surface area contributed by atoms with Gasteiger partial charge in [-0.2, -0.15) is 5.26 Å². The van der Waals surface area contributed by atoms with Crippen molar-refractivity contribution >= 4 is 5.78 Å². The molecule has 0 fully saturated rings. The molecule has 0 amide bonds.